The standard InChI is InChI=1S/C25H21FN2O4/c1-31-20-12-8-17(9-13-20)14-23-25(30)28(21-4-2-3-5-22(21)32-23)16-24(29)27-15-18-6-10-19(26)11-7-18/h2-14H,15-16H2,1H3,(H,27,29)/b23-14+. The van der Waals surface area contributed by atoms with Crippen LogP contribution in [-0.4, -0.2) is 25.5 Å². The van der Waals surface area contributed by atoms with Gasteiger partial charge in [0.25, 0.3) is 5.91 Å². The minimum Gasteiger partial charge on any atom is -0.497 e. The maximum Gasteiger partial charge on any atom is 0.294 e. The van der Waals surface area contributed by atoms with Gasteiger partial charge in [-0.1, -0.05) is 36.4 Å². The molecule has 3 aromatic carbocycles. The molecule has 0 atom stereocenters. The number of anilines is 1. The second kappa shape index (κ2) is 9.34. The fraction of sp³-hybridized carbons (Fsp3) is 0.120. The van der Waals surface area contributed by atoms with Gasteiger partial charge in [0.15, 0.2) is 11.5 Å². The van der Waals surface area contributed by atoms with Crippen molar-refractivity contribution in [2.24, 2.45) is 0 Å². The Labute approximate surface area is 184 Å². The van der Waals surface area contributed by atoms with Crippen LogP contribution >= 0.6 is 0 Å². The number of carbonyl (C=O) groups excluding carboxylic acids is 2. The lowest BCUT2D eigenvalue weighted by atomic mass is 10.1. The lowest BCUT2D eigenvalue weighted by molar-refractivity contribution is -0.123. The number of amides is 2. The zero-order valence-electron chi connectivity index (χ0n) is 17.4. The van der Waals surface area contributed by atoms with E-state index in [2.05, 4.69) is 5.32 Å². The lowest BCUT2D eigenvalue weighted by Gasteiger charge is -2.30. The largest absolute Gasteiger partial charge is 0.497 e. The van der Waals surface area contributed by atoms with Crippen molar-refractivity contribution in [3.63, 3.8) is 0 Å². The first-order valence-corrected chi connectivity index (χ1v) is 9.99. The quantitative estimate of drug-likeness (QED) is 0.600. The Morgan fingerprint density at radius 1 is 1.06 bits per heavy atom. The Morgan fingerprint density at radius 2 is 1.78 bits per heavy atom. The first-order chi connectivity index (χ1) is 15.5. The Bertz CT molecular complexity index is 1160. The van der Waals surface area contributed by atoms with Gasteiger partial charge >= 0.3 is 0 Å². The molecule has 3 aromatic rings. The van der Waals surface area contributed by atoms with E-state index in [1.165, 1.54) is 17.0 Å². The van der Waals surface area contributed by atoms with Crippen molar-refractivity contribution < 1.29 is 23.5 Å². The third-order valence-electron chi connectivity index (χ3n) is 4.95. The number of rotatable bonds is 6. The van der Waals surface area contributed by atoms with Crippen molar-refractivity contribution in [3.8, 4) is 11.5 Å². The fourth-order valence-corrected chi connectivity index (χ4v) is 3.27. The molecule has 32 heavy (non-hydrogen) atoms. The summed E-state index contributed by atoms with van der Waals surface area (Å²) < 4.78 is 24.0. The molecule has 4 rings (SSSR count). The maximum atomic E-state index is 13.1. The SMILES string of the molecule is COc1ccc(/C=C2/Oc3ccccc3N(CC(=O)NCc3ccc(F)cc3)C2=O)cc1. The number of benzene rings is 3. The molecule has 7 heteroatoms. The van der Waals surface area contributed by atoms with Crippen LogP contribution in [0.25, 0.3) is 6.08 Å². The molecule has 0 fully saturated rings. The van der Waals surface area contributed by atoms with E-state index >= 15 is 0 Å². The van der Waals surface area contributed by atoms with E-state index in [-0.39, 0.29) is 30.6 Å². The van der Waals surface area contributed by atoms with E-state index in [0.717, 1.165) is 11.1 Å². The van der Waals surface area contributed by atoms with Crippen molar-refractivity contribution >= 4 is 23.6 Å². The van der Waals surface area contributed by atoms with E-state index in [9.17, 15) is 14.0 Å². The summed E-state index contributed by atoms with van der Waals surface area (Å²) in [4.78, 5) is 27.1. The molecule has 0 radical (unpaired) electrons. The molecule has 0 bridgehead atoms. The normalized spacial score (nSPS) is 14.0. The highest BCUT2D eigenvalue weighted by molar-refractivity contribution is 6.12. The Hall–Kier alpha value is -4.13. The number of hydrogen-bond acceptors (Lipinski definition) is 4. The minimum absolute atomic E-state index is 0.111. The number of carbonyl (C=O) groups is 2. The molecule has 0 spiro atoms. The van der Waals surface area contributed by atoms with Gasteiger partial charge < -0.3 is 14.8 Å². The number of nitrogens with zero attached hydrogens (tertiary/aromatic N) is 1. The Morgan fingerprint density at radius 3 is 2.50 bits per heavy atom. The number of hydrogen-bond donors (Lipinski definition) is 1. The summed E-state index contributed by atoms with van der Waals surface area (Å²) in [7, 11) is 1.58. The van der Waals surface area contributed by atoms with Crippen molar-refractivity contribution in [2.45, 2.75) is 6.54 Å². The summed E-state index contributed by atoms with van der Waals surface area (Å²) in [6.07, 6.45) is 1.63. The van der Waals surface area contributed by atoms with E-state index < -0.39 is 5.91 Å². The smallest absolute Gasteiger partial charge is 0.294 e. The number of fused-ring (bicyclic) bond motifs is 1. The zero-order valence-corrected chi connectivity index (χ0v) is 17.4. The van der Waals surface area contributed by atoms with Gasteiger partial charge in [0.1, 0.15) is 18.1 Å². The van der Waals surface area contributed by atoms with Crippen LogP contribution in [0.5, 0.6) is 11.5 Å². The maximum absolute atomic E-state index is 13.1. The summed E-state index contributed by atoms with van der Waals surface area (Å²) >= 11 is 0. The molecular formula is C25H21FN2O4. The molecule has 1 N–H and O–H groups in total. The Balaban J connectivity index is 1.53. The van der Waals surface area contributed by atoms with Crippen molar-refractivity contribution in [2.75, 3.05) is 18.6 Å². The van der Waals surface area contributed by atoms with E-state index in [1.54, 1.807) is 61.7 Å². The highest BCUT2D eigenvalue weighted by atomic mass is 19.1. The third-order valence-corrected chi connectivity index (χ3v) is 4.95. The van der Waals surface area contributed by atoms with Crippen LogP contribution in [0.15, 0.2) is 78.6 Å². The van der Waals surface area contributed by atoms with Crippen LogP contribution in [0.1, 0.15) is 11.1 Å². The van der Waals surface area contributed by atoms with Gasteiger partial charge in [0, 0.05) is 6.54 Å². The van der Waals surface area contributed by atoms with Crippen LogP contribution in [0.4, 0.5) is 10.1 Å². The summed E-state index contributed by atoms with van der Waals surface area (Å²) in [5.41, 5.74) is 2.03. The number of halogens is 1. The molecule has 0 aliphatic carbocycles. The van der Waals surface area contributed by atoms with E-state index in [4.69, 9.17) is 9.47 Å². The molecule has 0 aromatic heterocycles. The van der Waals surface area contributed by atoms with Gasteiger partial charge in [-0.2, -0.15) is 0 Å². The summed E-state index contributed by atoms with van der Waals surface area (Å²) in [6, 6.07) is 20.1. The Kier molecular flexibility index (Phi) is 6.17. The van der Waals surface area contributed by atoms with Crippen LogP contribution < -0.4 is 19.7 Å². The lowest BCUT2D eigenvalue weighted by Crippen LogP contribution is -2.44. The average Bonchev–Trinajstić information content (AvgIpc) is 2.82. The molecule has 1 aliphatic rings. The molecule has 2 amide bonds. The van der Waals surface area contributed by atoms with Gasteiger partial charge in [0.2, 0.25) is 5.91 Å². The highest BCUT2D eigenvalue weighted by Gasteiger charge is 2.31. The molecule has 1 heterocycles. The second-order valence-corrected chi connectivity index (χ2v) is 7.15. The number of para-hydroxylation sites is 2. The fourth-order valence-electron chi connectivity index (χ4n) is 3.27. The number of ether oxygens (including phenoxy) is 2. The molecule has 0 unspecified atom stereocenters. The number of nitrogens with one attached hydrogen (secondary N) is 1. The molecular weight excluding hydrogens is 411 g/mol. The van der Waals surface area contributed by atoms with Crippen LogP contribution in [0, 0.1) is 5.82 Å². The first-order valence-electron chi connectivity index (χ1n) is 9.99. The van der Waals surface area contributed by atoms with Gasteiger partial charge in [-0.15, -0.1) is 0 Å². The molecule has 162 valence electrons. The van der Waals surface area contributed by atoms with Gasteiger partial charge in [-0.25, -0.2) is 4.39 Å². The predicted octanol–water partition coefficient (Wildman–Crippen LogP) is 3.92. The summed E-state index contributed by atoms with van der Waals surface area (Å²) in [5, 5.41) is 2.76. The second-order valence-electron chi connectivity index (χ2n) is 7.15. The van der Waals surface area contributed by atoms with Crippen molar-refractivity contribution in [1.29, 1.82) is 0 Å². The monoisotopic (exact) mass is 432 g/mol. The van der Waals surface area contributed by atoms with Crippen LogP contribution in [0.3, 0.4) is 0 Å². The van der Waals surface area contributed by atoms with Crippen molar-refractivity contribution in [1.82, 2.24) is 5.32 Å². The predicted molar refractivity (Wildman–Crippen MR) is 119 cm³/mol. The van der Waals surface area contributed by atoms with E-state index in [0.29, 0.717) is 17.2 Å². The topological polar surface area (TPSA) is 67.9 Å². The average molecular weight is 432 g/mol. The van der Waals surface area contributed by atoms with Crippen LogP contribution in [0.2, 0.25) is 0 Å². The summed E-state index contributed by atoms with van der Waals surface area (Å²) in [5.74, 6) is 0.192. The minimum atomic E-state index is -0.420. The van der Waals surface area contributed by atoms with Gasteiger partial charge in [-0.05, 0) is 53.6 Å². The summed E-state index contributed by atoms with van der Waals surface area (Å²) in [6.45, 7) is 0.0498. The molecule has 0 saturated carbocycles. The van der Waals surface area contributed by atoms with Crippen molar-refractivity contribution in [3.05, 3.63) is 95.5 Å². The highest BCUT2D eigenvalue weighted by Crippen LogP contribution is 2.35. The van der Waals surface area contributed by atoms with Crippen LogP contribution in [-0.2, 0) is 16.1 Å². The first kappa shape index (κ1) is 21.1. The molecule has 1 aliphatic heterocycles. The number of methoxy groups -OCH3 is 1. The molecule has 6 nitrogen and oxygen atoms in total. The zero-order chi connectivity index (χ0) is 22.5. The van der Waals surface area contributed by atoms with Gasteiger partial charge in [-0.3, -0.25) is 14.5 Å². The van der Waals surface area contributed by atoms with E-state index in [1.807, 2.05) is 12.1 Å². The third kappa shape index (κ3) is 4.78. The molecule has 0 saturated heterocycles. The van der Waals surface area contributed by atoms with Gasteiger partial charge in [0.05, 0.1) is 12.8 Å².